The summed E-state index contributed by atoms with van der Waals surface area (Å²) in [7, 11) is 0. The average Bonchev–Trinajstić information content (AvgIpc) is 2.76. The van der Waals surface area contributed by atoms with Crippen LogP contribution in [0.3, 0.4) is 0 Å². The van der Waals surface area contributed by atoms with E-state index in [0.29, 0.717) is 11.8 Å². The first-order chi connectivity index (χ1) is 8.58. The molecular weight excluding hydrogens is 224 g/mol. The van der Waals surface area contributed by atoms with Gasteiger partial charge in [0.15, 0.2) is 0 Å². The summed E-state index contributed by atoms with van der Waals surface area (Å²) in [4.78, 5) is 18.6. The lowest BCUT2D eigenvalue weighted by Crippen LogP contribution is -2.29. The second-order valence-corrected chi connectivity index (χ2v) is 5.67. The summed E-state index contributed by atoms with van der Waals surface area (Å²) in [6, 6.07) is 3.71. The van der Waals surface area contributed by atoms with E-state index < -0.39 is 0 Å². The number of carbonyl (C=O) groups is 1. The van der Waals surface area contributed by atoms with E-state index in [9.17, 15) is 4.79 Å². The monoisotopic (exact) mass is 246 g/mol. The highest BCUT2D eigenvalue weighted by atomic mass is 16.2. The third kappa shape index (κ3) is 2.89. The highest BCUT2D eigenvalue weighted by Crippen LogP contribution is 2.24. The fraction of sp³-hybridized carbons (Fsp3) is 0.600. The fourth-order valence-corrected chi connectivity index (χ4v) is 2.76. The summed E-state index contributed by atoms with van der Waals surface area (Å²) in [5, 5.41) is 0. The van der Waals surface area contributed by atoms with Crippen molar-refractivity contribution in [3.8, 4) is 0 Å². The number of carbonyl (C=O) groups excluding carboxylic acids is 1. The first-order valence-corrected chi connectivity index (χ1v) is 6.79. The summed E-state index contributed by atoms with van der Waals surface area (Å²) in [6.07, 6.45) is 4.09. The van der Waals surface area contributed by atoms with Crippen molar-refractivity contribution in [1.29, 1.82) is 0 Å². The number of amides is 1. The van der Waals surface area contributed by atoms with Crippen molar-refractivity contribution in [2.45, 2.75) is 33.6 Å². The van der Waals surface area contributed by atoms with E-state index in [1.54, 1.807) is 6.20 Å². The Bertz CT molecular complexity index is 428. The van der Waals surface area contributed by atoms with Crippen molar-refractivity contribution >= 4 is 5.91 Å². The minimum absolute atomic E-state index is 0.145. The first kappa shape index (κ1) is 13.1. The molecule has 3 heteroatoms. The van der Waals surface area contributed by atoms with Gasteiger partial charge in [0, 0.05) is 25.0 Å². The molecule has 1 aliphatic heterocycles. The maximum atomic E-state index is 12.4. The second-order valence-electron chi connectivity index (χ2n) is 5.67. The molecule has 0 radical (unpaired) electrons. The summed E-state index contributed by atoms with van der Waals surface area (Å²) in [5.41, 5.74) is 1.58. The number of aromatic nitrogens is 1. The summed E-state index contributed by atoms with van der Waals surface area (Å²) < 4.78 is 0. The zero-order valence-electron chi connectivity index (χ0n) is 11.5. The Morgan fingerprint density at radius 3 is 3.00 bits per heavy atom. The molecule has 3 nitrogen and oxygen atoms in total. The summed E-state index contributed by atoms with van der Waals surface area (Å²) in [6.45, 7) is 8.19. The van der Waals surface area contributed by atoms with Gasteiger partial charge in [0.25, 0.3) is 5.91 Å². The molecule has 0 bridgehead atoms. The van der Waals surface area contributed by atoms with Gasteiger partial charge in [-0.3, -0.25) is 9.78 Å². The Kier molecular flexibility index (Phi) is 4.00. The van der Waals surface area contributed by atoms with Crippen LogP contribution in [0.2, 0.25) is 0 Å². The van der Waals surface area contributed by atoms with Gasteiger partial charge in [0.2, 0.25) is 0 Å². The van der Waals surface area contributed by atoms with Gasteiger partial charge in [-0.15, -0.1) is 0 Å². The number of hydrogen-bond donors (Lipinski definition) is 0. The molecule has 1 aliphatic rings. The van der Waals surface area contributed by atoms with E-state index in [1.807, 2.05) is 24.0 Å². The number of nitrogens with zero attached hydrogens (tertiary/aromatic N) is 2. The number of likely N-dealkylation sites (tertiary alicyclic amines) is 1. The topological polar surface area (TPSA) is 33.2 Å². The molecule has 1 fully saturated rings. The molecule has 18 heavy (non-hydrogen) atoms. The molecule has 0 aromatic carbocycles. The standard InChI is InChI=1S/C15H22N2O/c1-11(2)9-13-6-8-17(10-13)15(18)14-5-4-7-16-12(14)3/h4-5,7,11,13H,6,8-10H2,1-3H3. The van der Waals surface area contributed by atoms with Crippen molar-refractivity contribution in [3.05, 3.63) is 29.6 Å². The molecule has 98 valence electrons. The van der Waals surface area contributed by atoms with Crippen LogP contribution < -0.4 is 0 Å². The van der Waals surface area contributed by atoms with Gasteiger partial charge in [0.1, 0.15) is 0 Å². The minimum Gasteiger partial charge on any atom is -0.338 e. The molecule has 1 atom stereocenters. The predicted molar refractivity (Wildman–Crippen MR) is 72.4 cm³/mol. The van der Waals surface area contributed by atoms with Crippen LogP contribution in [0.5, 0.6) is 0 Å². The van der Waals surface area contributed by atoms with Crippen LogP contribution in [-0.2, 0) is 0 Å². The second kappa shape index (κ2) is 5.51. The average molecular weight is 246 g/mol. The fourth-order valence-electron chi connectivity index (χ4n) is 2.76. The molecule has 1 saturated heterocycles. The van der Waals surface area contributed by atoms with Crippen LogP contribution in [0.1, 0.15) is 42.7 Å². The third-order valence-electron chi connectivity index (χ3n) is 3.62. The van der Waals surface area contributed by atoms with Crippen LogP contribution >= 0.6 is 0 Å². The zero-order valence-corrected chi connectivity index (χ0v) is 11.5. The van der Waals surface area contributed by atoms with Gasteiger partial charge < -0.3 is 4.90 Å². The van der Waals surface area contributed by atoms with E-state index in [0.717, 1.165) is 30.8 Å². The number of pyridine rings is 1. The molecule has 2 rings (SSSR count). The molecule has 1 unspecified atom stereocenters. The van der Waals surface area contributed by atoms with E-state index >= 15 is 0 Å². The third-order valence-corrected chi connectivity index (χ3v) is 3.62. The minimum atomic E-state index is 0.145. The number of aryl methyl sites for hydroxylation is 1. The molecule has 1 amide bonds. The lowest BCUT2D eigenvalue weighted by Gasteiger charge is -2.18. The van der Waals surface area contributed by atoms with Gasteiger partial charge in [0.05, 0.1) is 5.56 Å². The van der Waals surface area contributed by atoms with Crippen LogP contribution in [0, 0.1) is 18.8 Å². The maximum Gasteiger partial charge on any atom is 0.255 e. The van der Waals surface area contributed by atoms with Gasteiger partial charge >= 0.3 is 0 Å². The molecule has 0 saturated carbocycles. The van der Waals surface area contributed by atoms with Crippen molar-refractivity contribution in [3.63, 3.8) is 0 Å². The van der Waals surface area contributed by atoms with E-state index in [-0.39, 0.29) is 5.91 Å². The number of rotatable bonds is 3. The Morgan fingerprint density at radius 2 is 2.33 bits per heavy atom. The Balaban J connectivity index is 2.02. The maximum absolute atomic E-state index is 12.4. The van der Waals surface area contributed by atoms with Crippen molar-refractivity contribution in [1.82, 2.24) is 9.88 Å². The molecule has 0 spiro atoms. The van der Waals surface area contributed by atoms with Gasteiger partial charge in [-0.25, -0.2) is 0 Å². The predicted octanol–water partition coefficient (Wildman–Crippen LogP) is 2.90. The molecule has 1 aromatic heterocycles. The van der Waals surface area contributed by atoms with Crippen molar-refractivity contribution < 1.29 is 4.79 Å². The van der Waals surface area contributed by atoms with Crippen molar-refractivity contribution in [2.24, 2.45) is 11.8 Å². The molecule has 0 aliphatic carbocycles. The molecule has 2 heterocycles. The summed E-state index contributed by atoms with van der Waals surface area (Å²) >= 11 is 0. The quantitative estimate of drug-likeness (QED) is 0.821. The zero-order chi connectivity index (χ0) is 13.1. The normalized spacial score (nSPS) is 19.6. The van der Waals surface area contributed by atoms with Crippen LogP contribution in [-0.4, -0.2) is 28.9 Å². The lowest BCUT2D eigenvalue weighted by molar-refractivity contribution is 0.0784. The van der Waals surface area contributed by atoms with E-state index in [2.05, 4.69) is 18.8 Å². The smallest absolute Gasteiger partial charge is 0.255 e. The Morgan fingerprint density at radius 1 is 1.56 bits per heavy atom. The van der Waals surface area contributed by atoms with Crippen molar-refractivity contribution in [2.75, 3.05) is 13.1 Å². The first-order valence-electron chi connectivity index (χ1n) is 6.79. The van der Waals surface area contributed by atoms with Crippen LogP contribution in [0.15, 0.2) is 18.3 Å². The highest BCUT2D eigenvalue weighted by Gasteiger charge is 2.27. The van der Waals surface area contributed by atoms with Crippen LogP contribution in [0.25, 0.3) is 0 Å². The van der Waals surface area contributed by atoms with E-state index in [1.165, 1.54) is 6.42 Å². The van der Waals surface area contributed by atoms with Crippen LogP contribution in [0.4, 0.5) is 0 Å². The highest BCUT2D eigenvalue weighted by molar-refractivity contribution is 5.95. The summed E-state index contributed by atoms with van der Waals surface area (Å²) in [5.74, 6) is 1.53. The molecule has 1 aromatic rings. The van der Waals surface area contributed by atoms with E-state index in [4.69, 9.17) is 0 Å². The Hall–Kier alpha value is -1.38. The Labute approximate surface area is 109 Å². The SMILES string of the molecule is Cc1ncccc1C(=O)N1CCC(CC(C)C)C1. The van der Waals surface area contributed by atoms with Gasteiger partial charge in [-0.05, 0) is 43.7 Å². The lowest BCUT2D eigenvalue weighted by atomic mass is 9.97. The molecular formula is C15H22N2O. The van der Waals surface area contributed by atoms with Gasteiger partial charge in [-0.1, -0.05) is 13.8 Å². The largest absolute Gasteiger partial charge is 0.338 e. The number of hydrogen-bond acceptors (Lipinski definition) is 2. The molecule has 0 N–H and O–H groups in total. The van der Waals surface area contributed by atoms with Gasteiger partial charge in [-0.2, -0.15) is 0 Å².